The normalized spacial score (nSPS) is 12.1. The molecular weight excluding hydrogens is 295 g/mol. The van der Waals surface area contributed by atoms with Gasteiger partial charge in [-0.25, -0.2) is 22.0 Å². The Morgan fingerprint density at radius 2 is 1.16 bits per heavy atom. The molecule has 0 aliphatic carbocycles. The summed E-state index contributed by atoms with van der Waals surface area (Å²) in [6.45, 7) is -2.25. The summed E-state index contributed by atoms with van der Waals surface area (Å²) in [6.07, 6.45) is -4.23. The first kappa shape index (κ1) is 15.4. The number of alkyl halides is 4. The second kappa shape index (κ2) is 5.17. The van der Waals surface area contributed by atoms with Gasteiger partial charge in [-0.2, -0.15) is 17.6 Å². The topological polar surface area (TPSA) is 9.23 Å². The highest BCUT2D eigenvalue weighted by atomic mass is 19.3. The van der Waals surface area contributed by atoms with Gasteiger partial charge in [-0.1, -0.05) is 0 Å². The summed E-state index contributed by atoms with van der Waals surface area (Å²) in [6, 6.07) is 0. The Hall–Kier alpha value is -1.61. The average Bonchev–Trinajstić information content (AvgIpc) is 2.33. The maximum atomic E-state index is 12.9. The molecule has 0 amide bonds. The summed E-state index contributed by atoms with van der Waals surface area (Å²) in [5.74, 6) is -19.3. The first-order valence-corrected chi connectivity index (χ1v) is 4.39. The highest BCUT2D eigenvalue weighted by Crippen LogP contribution is 2.31. The molecule has 1 rings (SSSR count). The fraction of sp³-hybridized carbons (Fsp3) is 0.333. The molecule has 0 unspecified atom stereocenters. The van der Waals surface area contributed by atoms with Gasteiger partial charge in [-0.05, 0) is 0 Å². The van der Waals surface area contributed by atoms with Gasteiger partial charge in [0, 0.05) is 0 Å². The van der Waals surface area contributed by atoms with Gasteiger partial charge in [0.05, 0.1) is 0 Å². The first-order valence-electron chi connectivity index (χ1n) is 4.39. The average molecular weight is 298 g/mol. The summed E-state index contributed by atoms with van der Waals surface area (Å²) < 4.78 is 115. The zero-order valence-electron chi connectivity index (χ0n) is 8.59. The smallest absolute Gasteiger partial charge is 0.340 e. The molecular formula is C9H3F9O. The van der Waals surface area contributed by atoms with Crippen LogP contribution < -0.4 is 4.74 Å². The lowest BCUT2D eigenvalue weighted by atomic mass is 10.2. The first-order chi connectivity index (χ1) is 8.59. The Labute approximate surface area is 99.1 Å². The molecule has 19 heavy (non-hydrogen) atoms. The molecule has 0 heterocycles. The van der Waals surface area contributed by atoms with Gasteiger partial charge < -0.3 is 4.74 Å². The fourth-order valence-electron chi connectivity index (χ4n) is 0.943. The largest absolute Gasteiger partial charge is 0.481 e. The molecule has 0 aromatic heterocycles. The summed E-state index contributed by atoms with van der Waals surface area (Å²) in [4.78, 5) is 0. The molecule has 0 bridgehead atoms. The van der Waals surface area contributed by atoms with Gasteiger partial charge in [0.2, 0.25) is 29.1 Å². The molecule has 0 radical (unpaired) electrons. The van der Waals surface area contributed by atoms with Crippen molar-refractivity contribution < 1.29 is 44.3 Å². The number of hydrogen-bond acceptors (Lipinski definition) is 1. The van der Waals surface area contributed by atoms with Crippen LogP contribution in [0.5, 0.6) is 5.75 Å². The standard InChI is InChI=1S/C9H3F9O/c10-2-3(11)5(13)7(6(14)4(2)12)19-1-9(17,18)8(15)16/h8H,1H2. The van der Waals surface area contributed by atoms with Crippen LogP contribution in [-0.2, 0) is 0 Å². The lowest BCUT2D eigenvalue weighted by Gasteiger charge is -2.16. The predicted molar refractivity (Wildman–Crippen MR) is 42.7 cm³/mol. The van der Waals surface area contributed by atoms with Crippen LogP contribution in [0.4, 0.5) is 39.5 Å². The van der Waals surface area contributed by atoms with E-state index < -0.39 is 53.8 Å². The van der Waals surface area contributed by atoms with Crippen LogP contribution in [0.1, 0.15) is 0 Å². The predicted octanol–water partition coefficient (Wildman–Crippen LogP) is 3.66. The number of benzene rings is 1. The van der Waals surface area contributed by atoms with E-state index >= 15 is 0 Å². The minimum Gasteiger partial charge on any atom is -0.481 e. The quantitative estimate of drug-likeness (QED) is 0.468. The second-order valence-corrected chi connectivity index (χ2v) is 3.25. The summed E-state index contributed by atoms with van der Waals surface area (Å²) in [7, 11) is 0. The second-order valence-electron chi connectivity index (χ2n) is 3.25. The number of hydrogen-bond donors (Lipinski definition) is 0. The highest BCUT2D eigenvalue weighted by molar-refractivity contribution is 5.29. The molecule has 1 aromatic carbocycles. The third kappa shape index (κ3) is 2.87. The fourth-order valence-corrected chi connectivity index (χ4v) is 0.943. The van der Waals surface area contributed by atoms with Crippen molar-refractivity contribution in [1.82, 2.24) is 0 Å². The zero-order valence-corrected chi connectivity index (χ0v) is 8.59. The van der Waals surface area contributed by atoms with Crippen LogP contribution in [0, 0.1) is 29.1 Å². The van der Waals surface area contributed by atoms with Crippen molar-refractivity contribution in [1.29, 1.82) is 0 Å². The highest BCUT2D eigenvalue weighted by Gasteiger charge is 2.42. The molecule has 0 fully saturated rings. The van der Waals surface area contributed by atoms with Crippen LogP contribution in [0.15, 0.2) is 0 Å². The molecule has 0 spiro atoms. The minimum absolute atomic E-state index is 2.04. The van der Waals surface area contributed by atoms with E-state index in [9.17, 15) is 39.5 Å². The molecule has 0 saturated carbocycles. The van der Waals surface area contributed by atoms with Crippen LogP contribution >= 0.6 is 0 Å². The van der Waals surface area contributed by atoms with Gasteiger partial charge >= 0.3 is 12.3 Å². The molecule has 0 N–H and O–H groups in total. The lowest BCUT2D eigenvalue weighted by Crippen LogP contribution is -2.34. The van der Waals surface area contributed by atoms with E-state index in [1.54, 1.807) is 0 Å². The van der Waals surface area contributed by atoms with E-state index in [0.29, 0.717) is 0 Å². The van der Waals surface area contributed by atoms with Crippen LogP contribution in [0.2, 0.25) is 0 Å². The van der Waals surface area contributed by atoms with Gasteiger partial charge in [-0.15, -0.1) is 0 Å². The lowest BCUT2D eigenvalue weighted by molar-refractivity contribution is -0.149. The summed E-state index contributed by atoms with van der Waals surface area (Å²) in [5.41, 5.74) is 0. The van der Waals surface area contributed by atoms with Crippen molar-refractivity contribution in [3.63, 3.8) is 0 Å². The van der Waals surface area contributed by atoms with E-state index in [1.165, 1.54) is 0 Å². The summed E-state index contributed by atoms with van der Waals surface area (Å²) >= 11 is 0. The van der Waals surface area contributed by atoms with Crippen LogP contribution in [-0.4, -0.2) is 19.0 Å². The maximum Gasteiger partial charge on any atom is 0.340 e. The van der Waals surface area contributed by atoms with E-state index in [1.807, 2.05) is 0 Å². The Morgan fingerprint density at radius 3 is 1.53 bits per heavy atom. The number of rotatable bonds is 4. The van der Waals surface area contributed by atoms with E-state index in [-0.39, 0.29) is 0 Å². The Kier molecular flexibility index (Phi) is 4.21. The van der Waals surface area contributed by atoms with E-state index in [4.69, 9.17) is 0 Å². The van der Waals surface area contributed by atoms with Crippen molar-refractivity contribution in [2.45, 2.75) is 12.3 Å². The third-order valence-electron chi connectivity index (χ3n) is 1.90. The number of halogens is 9. The van der Waals surface area contributed by atoms with Crippen LogP contribution in [0.25, 0.3) is 0 Å². The molecule has 0 aliphatic heterocycles. The van der Waals surface area contributed by atoms with Crippen LogP contribution in [0.3, 0.4) is 0 Å². The Balaban J connectivity index is 3.10. The maximum absolute atomic E-state index is 12.9. The van der Waals surface area contributed by atoms with E-state index in [0.717, 1.165) is 0 Å². The molecule has 0 atom stereocenters. The van der Waals surface area contributed by atoms with Crippen molar-refractivity contribution in [3.05, 3.63) is 29.1 Å². The van der Waals surface area contributed by atoms with Gasteiger partial charge in [0.15, 0.2) is 12.4 Å². The van der Waals surface area contributed by atoms with Gasteiger partial charge in [0.25, 0.3) is 0 Å². The minimum atomic E-state index is -4.81. The Bertz CT molecular complexity index is 456. The van der Waals surface area contributed by atoms with E-state index in [2.05, 4.69) is 4.74 Å². The summed E-state index contributed by atoms with van der Waals surface area (Å²) in [5, 5.41) is 0. The van der Waals surface area contributed by atoms with Crippen molar-refractivity contribution in [2.24, 2.45) is 0 Å². The molecule has 1 nitrogen and oxygen atoms in total. The molecule has 1 aromatic rings. The molecule has 0 saturated heterocycles. The van der Waals surface area contributed by atoms with Crippen molar-refractivity contribution in [2.75, 3.05) is 6.61 Å². The van der Waals surface area contributed by atoms with Gasteiger partial charge in [0.1, 0.15) is 0 Å². The molecule has 10 heteroatoms. The van der Waals surface area contributed by atoms with Gasteiger partial charge in [-0.3, -0.25) is 0 Å². The van der Waals surface area contributed by atoms with Crippen molar-refractivity contribution in [3.8, 4) is 5.75 Å². The zero-order chi connectivity index (χ0) is 15.0. The number of ether oxygens (including phenoxy) is 1. The monoisotopic (exact) mass is 298 g/mol. The SMILES string of the molecule is Fc1c(F)c(F)c(OCC(F)(F)C(F)F)c(F)c1F. The van der Waals surface area contributed by atoms with Crippen molar-refractivity contribution >= 4 is 0 Å². The third-order valence-corrected chi connectivity index (χ3v) is 1.90. The Morgan fingerprint density at radius 1 is 0.789 bits per heavy atom. The molecule has 108 valence electrons. The molecule has 0 aliphatic rings.